The fourth-order valence-electron chi connectivity index (χ4n) is 6.56. The molecular formula is C49H47Cl5N8O8. The number of nitrogens with one attached hydrogen (secondary N) is 4. The van der Waals surface area contributed by atoms with E-state index < -0.39 is 47.3 Å². The lowest BCUT2D eigenvalue weighted by Gasteiger charge is -2.15. The van der Waals surface area contributed by atoms with E-state index in [9.17, 15) is 28.8 Å². The highest BCUT2D eigenvalue weighted by Gasteiger charge is 2.26. The standard InChI is InChI=1S/C49H47Cl5N8O8/c1-5-69-42-24-33(9-7-29(42)17-19-50)55-46(65)37-22-35(11-14-39(37)53)59-61-44(27(3)63)48(67)57-32-13-16-41(31(21-32)26-52)58-49(68)45(28(4)64)62-60-36-12-15-40(54)38(23-36)47(66)56-34-10-8-30(18-20-51)43(25-34)70-6-2/h7-16,21-25,44-45H,5-6,17-20,26H2,1-4H3,(H,55,65)(H,56,66)(H,57,67)(H,58,68). The Bertz CT molecular complexity index is 2830. The van der Waals surface area contributed by atoms with Crippen LogP contribution in [0.2, 0.25) is 10.0 Å². The van der Waals surface area contributed by atoms with E-state index in [1.165, 1.54) is 54.6 Å². The van der Waals surface area contributed by atoms with Gasteiger partial charge in [0, 0.05) is 52.5 Å². The van der Waals surface area contributed by atoms with E-state index in [2.05, 4.69) is 41.7 Å². The van der Waals surface area contributed by atoms with E-state index in [1.54, 1.807) is 24.3 Å². The molecule has 5 rings (SSSR count). The zero-order valence-electron chi connectivity index (χ0n) is 38.2. The zero-order valence-corrected chi connectivity index (χ0v) is 42.0. The summed E-state index contributed by atoms with van der Waals surface area (Å²) in [7, 11) is 0. The number of hydrogen-bond acceptors (Lipinski definition) is 12. The minimum Gasteiger partial charge on any atom is -0.494 e. The summed E-state index contributed by atoms with van der Waals surface area (Å²) in [6.07, 6.45) is 1.16. The predicted molar refractivity (Wildman–Crippen MR) is 274 cm³/mol. The molecule has 2 unspecified atom stereocenters. The Morgan fingerprint density at radius 3 is 1.37 bits per heavy atom. The molecule has 0 aliphatic heterocycles. The molecule has 0 fully saturated rings. The fraction of sp³-hybridized carbons (Fsp3) is 0.265. The first-order chi connectivity index (χ1) is 33.6. The van der Waals surface area contributed by atoms with E-state index >= 15 is 0 Å². The molecular weight excluding hydrogens is 1010 g/mol. The second-order valence-electron chi connectivity index (χ2n) is 15.1. The highest BCUT2D eigenvalue weighted by atomic mass is 35.5. The van der Waals surface area contributed by atoms with Gasteiger partial charge < -0.3 is 30.7 Å². The van der Waals surface area contributed by atoms with E-state index in [4.69, 9.17) is 67.5 Å². The first-order valence-corrected chi connectivity index (χ1v) is 23.9. The number of hydrogen-bond donors (Lipinski definition) is 4. The second-order valence-corrected chi connectivity index (χ2v) is 16.9. The number of ether oxygens (including phenoxy) is 2. The number of alkyl halides is 3. The number of Topliss-reactive ketones (excluding diaryl/α,β-unsaturated/α-hetero) is 2. The van der Waals surface area contributed by atoms with Gasteiger partial charge in [0.2, 0.25) is 12.1 Å². The molecule has 0 bridgehead atoms. The van der Waals surface area contributed by atoms with E-state index in [-0.39, 0.29) is 49.8 Å². The number of carbonyl (C=O) groups is 6. The number of carbonyl (C=O) groups excluding carboxylic acids is 6. The molecule has 2 atom stereocenters. The van der Waals surface area contributed by atoms with Gasteiger partial charge in [-0.25, -0.2) is 0 Å². The first-order valence-electron chi connectivity index (χ1n) is 21.6. The summed E-state index contributed by atoms with van der Waals surface area (Å²) in [6.45, 7) is 6.84. The minimum atomic E-state index is -1.61. The average molecular weight is 1050 g/mol. The van der Waals surface area contributed by atoms with Crippen molar-refractivity contribution in [3.05, 3.63) is 129 Å². The lowest BCUT2D eigenvalue weighted by atomic mass is 10.1. The maximum Gasteiger partial charge on any atom is 0.258 e. The van der Waals surface area contributed by atoms with Crippen LogP contribution in [-0.4, -0.2) is 72.3 Å². The molecule has 366 valence electrons. The number of ketones is 2. The Balaban J connectivity index is 1.25. The van der Waals surface area contributed by atoms with Crippen molar-refractivity contribution in [3.8, 4) is 11.5 Å². The predicted octanol–water partition coefficient (Wildman–Crippen LogP) is 12.0. The van der Waals surface area contributed by atoms with Crippen LogP contribution in [-0.2, 0) is 37.9 Å². The van der Waals surface area contributed by atoms with Crippen LogP contribution in [0.25, 0.3) is 0 Å². The Morgan fingerprint density at radius 2 is 0.957 bits per heavy atom. The Morgan fingerprint density at radius 1 is 0.529 bits per heavy atom. The smallest absolute Gasteiger partial charge is 0.258 e. The fourth-order valence-corrected chi connectivity index (χ4v) is 7.59. The van der Waals surface area contributed by atoms with Crippen LogP contribution < -0.4 is 30.7 Å². The number of benzene rings is 5. The summed E-state index contributed by atoms with van der Waals surface area (Å²) in [6, 6.07) is 20.0. The number of aryl methyl sites for hydroxylation is 2. The van der Waals surface area contributed by atoms with E-state index in [0.717, 1.165) is 25.0 Å². The SMILES string of the molecule is CCOc1cc(NC(=O)c2cc(N=NC(C(C)=O)C(=O)Nc3ccc(NC(=O)C(N=Nc4ccc(Cl)c(C(=O)Nc5ccc(CCCl)c(OCC)c5)c4)C(C)=O)c(CCl)c3)ccc2Cl)ccc1CCCl. The molecule has 21 heteroatoms. The number of halogens is 5. The molecule has 4 amide bonds. The van der Waals surface area contributed by atoms with Crippen molar-refractivity contribution in [2.24, 2.45) is 20.5 Å². The van der Waals surface area contributed by atoms with E-state index in [0.29, 0.717) is 66.3 Å². The Hall–Kier alpha value is -6.43. The number of amides is 4. The molecule has 5 aromatic carbocycles. The van der Waals surface area contributed by atoms with Gasteiger partial charge in [-0.05, 0) is 124 Å². The van der Waals surface area contributed by atoms with Crippen LogP contribution in [0, 0.1) is 0 Å². The number of anilines is 4. The quantitative estimate of drug-likeness (QED) is 0.0279. The maximum atomic E-state index is 13.5. The topological polar surface area (TPSA) is 218 Å². The molecule has 0 radical (unpaired) electrons. The maximum absolute atomic E-state index is 13.5. The first kappa shape index (κ1) is 54.5. The second kappa shape index (κ2) is 26.5. The van der Waals surface area contributed by atoms with Crippen molar-refractivity contribution in [1.82, 2.24) is 0 Å². The minimum absolute atomic E-state index is 0.0532. The van der Waals surface area contributed by atoms with Crippen molar-refractivity contribution in [3.63, 3.8) is 0 Å². The molecule has 4 N–H and O–H groups in total. The van der Waals surface area contributed by atoms with Gasteiger partial charge in [0.05, 0.1) is 45.8 Å². The van der Waals surface area contributed by atoms with Gasteiger partial charge in [0.1, 0.15) is 11.5 Å². The molecule has 0 heterocycles. The summed E-state index contributed by atoms with van der Waals surface area (Å²) >= 11 is 30.9. The van der Waals surface area contributed by atoms with Gasteiger partial charge in [-0.15, -0.1) is 34.8 Å². The number of rotatable bonds is 23. The van der Waals surface area contributed by atoms with Crippen LogP contribution in [0.5, 0.6) is 11.5 Å². The number of azo groups is 2. The van der Waals surface area contributed by atoms with Crippen LogP contribution in [0.4, 0.5) is 34.1 Å². The average Bonchev–Trinajstić information content (AvgIpc) is 3.32. The largest absolute Gasteiger partial charge is 0.494 e. The third-order valence-electron chi connectivity index (χ3n) is 9.99. The Kier molecular flexibility index (Phi) is 20.7. The van der Waals surface area contributed by atoms with Crippen molar-refractivity contribution >= 4 is 127 Å². The van der Waals surface area contributed by atoms with Crippen molar-refractivity contribution in [2.45, 2.75) is 58.5 Å². The summed E-state index contributed by atoms with van der Waals surface area (Å²) < 4.78 is 11.4. The lowest BCUT2D eigenvalue weighted by Crippen LogP contribution is -2.32. The Labute approximate surface area is 428 Å². The monoisotopic (exact) mass is 1050 g/mol. The highest BCUT2D eigenvalue weighted by Crippen LogP contribution is 2.30. The highest BCUT2D eigenvalue weighted by molar-refractivity contribution is 6.35. The van der Waals surface area contributed by atoms with Crippen LogP contribution >= 0.6 is 58.0 Å². The molecule has 5 aromatic rings. The van der Waals surface area contributed by atoms with Crippen molar-refractivity contribution in [1.29, 1.82) is 0 Å². The van der Waals surface area contributed by atoms with Crippen LogP contribution in [0.1, 0.15) is 65.1 Å². The third kappa shape index (κ3) is 15.0. The molecule has 0 saturated heterocycles. The molecule has 0 aliphatic rings. The number of nitrogens with zero attached hydrogens (tertiary/aromatic N) is 4. The summed E-state index contributed by atoms with van der Waals surface area (Å²) in [5.41, 5.74) is 3.75. The summed E-state index contributed by atoms with van der Waals surface area (Å²) in [4.78, 5) is 78.8. The van der Waals surface area contributed by atoms with Gasteiger partial charge in [-0.1, -0.05) is 35.3 Å². The van der Waals surface area contributed by atoms with Gasteiger partial charge in [-0.2, -0.15) is 20.5 Å². The van der Waals surface area contributed by atoms with Crippen LogP contribution in [0.3, 0.4) is 0 Å². The zero-order chi connectivity index (χ0) is 50.9. The third-order valence-corrected chi connectivity index (χ3v) is 11.3. The van der Waals surface area contributed by atoms with Gasteiger partial charge in [0.15, 0.2) is 11.6 Å². The molecule has 0 aliphatic carbocycles. The van der Waals surface area contributed by atoms with Crippen LogP contribution in [0.15, 0.2) is 111 Å². The summed E-state index contributed by atoms with van der Waals surface area (Å²) in [5.74, 6) is -2.28. The molecule has 0 spiro atoms. The molecule has 0 saturated carbocycles. The molecule has 0 aromatic heterocycles. The van der Waals surface area contributed by atoms with Crippen molar-refractivity contribution in [2.75, 3.05) is 46.2 Å². The normalized spacial score (nSPS) is 12.0. The van der Waals surface area contributed by atoms with Crippen molar-refractivity contribution < 1.29 is 38.2 Å². The summed E-state index contributed by atoms with van der Waals surface area (Å²) in [5, 5.41) is 27.2. The van der Waals surface area contributed by atoms with Gasteiger partial charge >= 0.3 is 0 Å². The lowest BCUT2D eigenvalue weighted by molar-refractivity contribution is -0.127. The van der Waals surface area contributed by atoms with E-state index in [1.807, 2.05) is 26.0 Å². The molecule has 70 heavy (non-hydrogen) atoms. The molecule has 16 nitrogen and oxygen atoms in total. The van der Waals surface area contributed by atoms with Gasteiger partial charge in [0.25, 0.3) is 23.6 Å². The van der Waals surface area contributed by atoms with Gasteiger partial charge in [-0.3, -0.25) is 28.8 Å².